The van der Waals surface area contributed by atoms with Gasteiger partial charge >= 0.3 is 0 Å². The molecule has 1 aliphatic carbocycles. The number of hydrogen-bond donors (Lipinski definition) is 0. The molecular weight excluding hydrogens is 132 g/mol. The van der Waals surface area contributed by atoms with Gasteiger partial charge in [0.1, 0.15) is 0 Å². The second kappa shape index (κ2) is 4.58. The van der Waals surface area contributed by atoms with E-state index in [9.17, 15) is 0 Å². The average molecular weight is 152 g/mol. The predicted molar refractivity (Wildman–Crippen MR) is 50.6 cm³/mol. The summed E-state index contributed by atoms with van der Waals surface area (Å²) >= 11 is 0. The lowest BCUT2D eigenvalue weighted by Crippen LogP contribution is -1.92. The minimum absolute atomic E-state index is 0.967. The van der Waals surface area contributed by atoms with E-state index >= 15 is 0 Å². The quantitative estimate of drug-likeness (QED) is 0.461. The Kier molecular flexibility index (Phi) is 3.68. The van der Waals surface area contributed by atoms with Gasteiger partial charge < -0.3 is 0 Å². The minimum atomic E-state index is 0.967. The largest absolute Gasteiger partial charge is 0.0856 e. The van der Waals surface area contributed by atoms with E-state index in [1.54, 1.807) is 5.57 Å². The summed E-state index contributed by atoms with van der Waals surface area (Å²) in [5.41, 5.74) is 1.61. The average Bonchev–Trinajstić information content (AvgIpc) is 2.04. The summed E-state index contributed by atoms with van der Waals surface area (Å²) in [5, 5.41) is 0. The SMILES string of the molecule is CC1=CCCCC(C)CCC1. The van der Waals surface area contributed by atoms with Crippen LogP contribution < -0.4 is 0 Å². The van der Waals surface area contributed by atoms with Crippen molar-refractivity contribution in [1.29, 1.82) is 0 Å². The van der Waals surface area contributed by atoms with E-state index in [1.165, 1.54) is 38.5 Å². The summed E-state index contributed by atoms with van der Waals surface area (Å²) < 4.78 is 0. The van der Waals surface area contributed by atoms with Crippen molar-refractivity contribution in [1.82, 2.24) is 0 Å². The highest BCUT2D eigenvalue weighted by Crippen LogP contribution is 2.20. The van der Waals surface area contributed by atoms with Gasteiger partial charge in [0.25, 0.3) is 0 Å². The Morgan fingerprint density at radius 1 is 1.27 bits per heavy atom. The van der Waals surface area contributed by atoms with Crippen LogP contribution in [0.15, 0.2) is 11.6 Å². The van der Waals surface area contributed by atoms with Crippen LogP contribution in [-0.4, -0.2) is 0 Å². The number of allylic oxidation sites excluding steroid dienone is 2. The Morgan fingerprint density at radius 3 is 2.82 bits per heavy atom. The second-order valence-corrected chi connectivity index (χ2v) is 3.98. The topological polar surface area (TPSA) is 0 Å². The van der Waals surface area contributed by atoms with Crippen molar-refractivity contribution >= 4 is 0 Å². The first kappa shape index (κ1) is 8.83. The van der Waals surface area contributed by atoms with E-state index in [0.717, 1.165) is 5.92 Å². The van der Waals surface area contributed by atoms with Crippen molar-refractivity contribution in [3.05, 3.63) is 11.6 Å². The lowest BCUT2D eigenvalue weighted by molar-refractivity contribution is 0.467. The molecule has 0 heteroatoms. The molecule has 0 heterocycles. The molecular formula is C11H20. The molecule has 0 bridgehead atoms. The summed E-state index contributed by atoms with van der Waals surface area (Å²) in [4.78, 5) is 0. The summed E-state index contributed by atoms with van der Waals surface area (Å²) in [6, 6.07) is 0. The molecule has 0 aliphatic heterocycles. The number of rotatable bonds is 0. The fourth-order valence-corrected chi connectivity index (χ4v) is 1.79. The van der Waals surface area contributed by atoms with Gasteiger partial charge in [0, 0.05) is 0 Å². The van der Waals surface area contributed by atoms with Gasteiger partial charge in [-0.15, -0.1) is 0 Å². The fraction of sp³-hybridized carbons (Fsp3) is 0.818. The first-order valence-electron chi connectivity index (χ1n) is 4.94. The molecule has 0 aromatic carbocycles. The van der Waals surface area contributed by atoms with Crippen molar-refractivity contribution in [3.63, 3.8) is 0 Å². The highest BCUT2D eigenvalue weighted by molar-refractivity contribution is 4.98. The van der Waals surface area contributed by atoms with Crippen LogP contribution >= 0.6 is 0 Å². The Labute approximate surface area is 70.7 Å². The highest BCUT2D eigenvalue weighted by atomic mass is 14.1. The molecule has 64 valence electrons. The van der Waals surface area contributed by atoms with Crippen molar-refractivity contribution < 1.29 is 0 Å². The van der Waals surface area contributed by atoms with Crippen molar-refractivity contribution in [2.75, 3.05) is 0 Å². The van der Waals surface area contributed by atoms with Gasteiger partial charge in [0.05, 0.1) is 0 Å². The normalized spacial score (nSPS) is 28.2. The van der Waals surface area contributed by atoms with Crippen LogP contribution in [0.5, 0.6) is 0 Å². The van der Waals surface area contributed by atoms with Crippen molar-refractivity contribution in [3.8, 4) is 0 Å². The van der Waals surface area contributed by atoms with Gasteiger partial charge in [0.2, 0.25) is 0 Å². The van der Waals surface area contributed by atoms with Crippen LogP contribution in [0.4, 0.5) is 0 Å². The molecule has 0 aromatic rings. The first-order valence-corrected chi connectivity index (χ1v) is 4.94. The first-order chi connectivity index (χ1) is 5.29. The standard InChI is InChI=1S/C11H20/c1-10-6-3-4-7-11(2)9-5-8-10/h6,11H,3-5,7-9H2,1-2H3. The maximum Gasteiger partial charge on any atom is -0.0323 e. The van der Waals surface area contributed by atoms with Gasteiger partial charge in [-0.2, -0.15) is 0 Å². The van der Waals surface area contributed by atoms with E-state index in [4.69, 9.17) is 0 Å². The van der Waals surface area contributed by atoms with Crippen LogP contribution in [0.25, 0.3) is 0 Å². The molecule has 1 unspecified atom stereocenters. The molecule has 0 spiro atoms. The summed E-state index contributed by atoms with van der Waals surface area (Å²) in [5.74, 6) is 0.967. The number of hydrogen-bond acceptors (Lipinski definition) is 0. The maximum absolute atomic E-state index is 2.43. The van der Waals surface area contributed by atoms with Crippen LogP contribution in [-0.2, 0) is 0 Å². The van der Waals surface area contributed by atoms with Gasteiger partial charge in [-0.25, -0.2) is 0 Å². The van der Waals surface area contributed by atoms with Gasteiger partial charge in [-0.3, -0.25) is 0 Å². The Hall–Kier alpha value is -0.260. The second-order valence-electron chi connectivity index (χ2n) is 3.98. The third kappa shape index (κ3) is 3.60. The van der Waals surface area contributed by atoms with E-state index in [1.807, 2.05) is 0 Å². The third-order valence-corrected chi connectivity index (χ3v) is 2.66. The molecule has 0 radical (unpaired) electrons. The smallest absolute Gasteiger partial charge is 0.0323 e. The molecule has 0 saturated heterocycles. The molecule has 1 aliphatic rings. The zero-order valence-corrected chi connectivity index (χ0v) is 7.90. The Bertz CT molecular complexity index is 133. The highest BCUT2D eigenvalue weighted by Gasteiger charge is 2.03. The summed E-state index contributed by atoms with van der Waals surface area (Å²) in [6.07, 6.45) is 10.8. The van der Waals surface area contributed by atoms with Crippen LogP contribution in [0.2, 0.25) is 0 Å². The van der Waals surface area contributed by atoms with Crippen molar-refractivity contribution in [2.45, 2.75) is 52.4 Å². The lowest BCUT2D eigenvalue weighted by Gasteiger charge is -2.07. The molecule has 1 atom stereocenters. The molecule has 0 N–H and O–H groups in total. The van der Waals surface area contributed by atoms with Crippen LogP contribution in [0.1, 0.15) is 52.4 Å². The lowest BCUT2D eigenvalue weighted by atomic mass is 9.99. The molecule has 11 heavy (non-hydrogen) atoms. The van der Waals surface area contributed by atoms with E-state index < -0.39 is 0 Å². The Morgan fingerprint density at radius 2 is 2.00 bits per heavy atom. The molecule has 0 nitrogen and oxygen atoms in total. The zero-order valence-electron chi connectivity index (χ0n) is 7.90. The molecule has 0 fully saturated rings. The molecule has 0 amide bonds. The van der Waals surface area contributed by atoms with Gasteiger partial charge in [0.15, 0.2) is 0 Å². The van der Waals surface area contributed by atoms with E-state index in [-0.39, 0.29) is 0 Å². The Balaban J connectivity index is 2.35. The third-order valence-electron chi connectivity index (χ3n) is 2.66. The van der Waals surface area contributed by atoms with Crippen LogP contribution in [0.3, 0.4) is 0 Å². The van der Waals surface area contributed by atoms with Gasteiger partial charge in [-0.1, -0.05) is 31.4 Å². The van der Waals surface area contributed by atoms with E-state index in [0.29, 0.717) is 0 Å². The monoisotopic (exact) mass is 152 g/mol. The van der Waals surface area contributed by atoms with Crippen molar-refractivity contribution in [2.24, 2.45) is 5.92 Å². The summed E-state index contributed by atoms with van der Waals surface area (Å²) in [7, 11) is 0. The molecule has 0 saturated carbocycles. The molecule has 0 aromatic heterocycles. The fourth-order valence-electron chi connectivity index (χ4n) is 1.79. The predicted octanol–water partition coefficient (Wildman–Crippen LogP) is 3.92. The van der Waals surface area contributed by atoms with Crippen LogP contribution in [0, 0.1) is 5.92 Å². The van der Waals surface area contributed by atoms with E-state index in [2.05, 4.69) is 19.9 Å². The maximum atomic E-state index is 2.43. The van der Waals surface area contributed by atoms with Gasteiger partial charge in [-0.05, 0) is 38.5 Å². The molecule has 1 rings (SSSR count). The minimum Gasteiger partial charge on any atom is -0.0856 e. The zero-order chi connectivity index (χ0) is 8.10. The summed E-state index contributed by atoms with van der Waals surface area (Å²) in [6.45, 7) is 4.66.